The summed E-state index contributed by atoms with van der Waals surface area (Å²) in [5.41, 5.74) is 2.66. The predicted molar refractivity (Wildman–Crippen MR) is 150 cm³/mol. The maximum absolute atomic E-state index is 12.9. The van der Waals surface area contributed by atoms with Crippen LogP contribution in [0.5, 0.6) is 0 Å². The van der Waals surface area contributed by atoms with Crippen LogP contribution in [0.1, 0.15) is 69.1 Å². The van der Waals surface area contributed by atoms with Gasteiger partial charge in [0.15, 0.2) is 6.29 Å². The number of hydrogen-bond acceptors (Lipinski definition) is 8. The number of carbonyl (C=O) groups excluding carboxylic acids is 2. The Morgan fingerprint density at radius 2 is 1.80 bits per heavy atom. The zero-order valence-corrected chi connectivity index (χ0v) is 23.5. The summed E-state index contributed by atoms with van der Waals surface area (Å²) >= 11 is 0. The van der Waals surface area contributed by atoms with Crippen molar-refractivity contribution in [1.29, 1.82) is 0 Å². The fourth-order valence-corrected chi connectivity index (χ4v) is 4.99. The first kappa shape index (κ1) is 29.7. The number of carbonyl (C=O) groups is 2. The molecule has 40 heavy (non-hydrogen) atoms. The van der Waals surface area contributed by atoms with Crippen molar-refractivity contribution < 1.29 is 33.6 Å². The first-order valence-electron chi connectivity index (χ1n) is 13.8. The van der Waals surface area contributed by atoms with Gasteiger partial charge in [0.1, 0.15) is 18.2 Å². The largest absolute Gasteiger partial charge is 0.459 e. The SMILES string of the molecule is C=CCOC(=O)Nc1ccc([C@@H]2O[C@H](CN3CCC[C@H]3C(=O)OC(C)(C)C)C[C@H](c3ccc(CO)cc3)O2)cc1. The Balaban J connectivity index is 1.50. The number of benzene rings is 2. The number of ether oxygens (including phenoxy) is 4. The van der Waals surface area contributed by atoms with E-state index in [1.165, 1.54) is 6.08 Å². The van der Waals surface area contributed by atoms with Crippen LogP contribution in [0, 0.1) is 0 Å². The van der Waals surface area contributed by atoms with E-state index in [0.29, 0.717) is 18.7 Å². The fraction of sp³-hybridized carbons (Fsp3) is 0.484. The minimum atomic E-state index is -0.648. The summed E-state index contributed by atoms with van der Waals surface area (Å²) in [6.07, 6.45) is 2.15. The summed E-state index contributed by atoms with van der Waals surface area (Å²) in [4.78, 5) is 27.0. The first-order valence-corrected chi connectivity index (χ1v) is 13.8. The van der Waals surface area contributed by atoms with E-state index in [1.54, 1.807) is 12.1 Å². The van der Waals surface area contributed by atoms with E-state index in [-0.39, 0.29) is 37.4 Å². The maximum Gasteiger partial charge on any atom is 0.411 e. The molecule has 2 heterocycles. The topological polar surface area (TPSA) is 107 Å². The highest BCUT2D eigenvalue weighted by Crippen LogP contribution is 2.39. The van der Waals surface area contributed by atoms with Crippen molar-refractivity contribution in [2.45, 2.75) is 76.8 Å². The van der Waals surface area contributed by atoms with Crippen molar-refractivity contribution in [3.8, 4) is 0 Å². The van der Waals surface area contributed by atoms with Gasteiger partial charge in [0.05, 0.1) is 18.8 Å². The number of likely N-dealkylation sites (tertiary alicyclic amines) is 1. The normalized spacial score (nSPS) is 23.4. The molecule has 216 valence electrons. The molecule has 0 spiro atoms. The number of nitrogens with zero attached hydrogens (tertiary/aromatic N) is 1. The second kappa shape index (κ2) is 13.4. The summed E-state index contributed by atoms with van der Waals surface area (Å²) in [6, 6.07) is 14.7. The number of hydrogen-bond donors (Lipinski definition) is 2. The molecule has 2 saturated heterocycles. The molecule has 9 nitrogen and oxygen atoms in total. The van der Waals surface area contributed by atoms with Crippen LogP contribution in [0.25, 0.3) is 0 Å². The van der Waals surface area contributed by atoms with Crippen molar-refractivity contribution >= 4 is 17.7 Å². The Morgan fingerprint density at radius 3 is 2.45 bits per heavy atom. The van der Waals surface area contributed by atoms with Gasteiger partial charge in [-0.3, -0.25) is 15.0 Å². The highest BCUT2D eigenvalue weighted by atomic mass is 16.7. The lowest BCUT2D eigenvalue weighted by Gasteiger charge is -2.38. The smallest absolute Gasteiger partial charge is 0.411 e. The third-order valence-electron chi connectivity index (χ3n) is 6.86. The molecule has 4 atom stereocenters. The average molecular weight is 553 g/mol. The van der Waals surface area contributed by atoms with Crippen molar-refractivity contribution in [2.75, 3.05) is 25.0 Å². The summed E-state index contributed by atoms with van der Waals surface area (Å²) in [5, 5.41) is 12.1. The van der Waals surface area contributed by atoms with E-state index >= 15 is 0 Å². The number of anilines is 1. The van der Waals surface area contributed by atoms with Crippen LogP contribution in [0.15, 0.2) is 61.2 Å². The second-order valence-electron chi connectivity index (χ2n) is 11.2. The zero-order chi connectivity index (χ0) is 28.7. The molecule has 0 saturated carbocycles. The summed E-state index contributed by atoms with van der Waals surface area (Å²) < 4.78 is 23.6. The number of nitrogens with one attached hydrogen (secondary N) is 1. The van der Waals surface area contributed by atoms with Crippen LogP contribution in [-0.2, 0) is 30.3 Å². The molecule has 9 heteroatoms. The predicted octanol–water partition coefficient (Wildman–Crippen LogP) is 5.26. The first-order chi connectivity index (χ1) is 19.1. The highest BCUT2D eigenvalue weighted by Gasteiger charge is 2.38. The van der Waals surface area contributed by atoms with Gasteiger partial charge in [-0.1, -0.05) is 49.1 Å². The number of aliphatic hydroxyl groups excluding tert-OH is 1. The van der Waals surface area contributed by atoms with Gasteiger partial charge < -0.3 is 24.1 Å². The van der Waals surface area contributed by atoms with Crippen LogP contribution >= 0.6 is 0 Å². The number of rotatable bonds is 9. The average Bonchev–Trinajstić information content (AvgIpc) is 3.39. The van der Waals surface area contributed by atoms with Crippen LogP contribution in [0.2, 0.25) is 0 Å². The molecular formula is C31H40N2O7. The number of esters is 1. The van der Waals surface area contributed by atoms with Gasteiger partial charge >= 0.3 is 12.1 Å². The molecule has 4 rings (SSSR count). The maximum atomic E-state index is 12.9. The van der Waals surface area contributed by atoms with Crippen LogP contribution < -0.4 is 5.32 Å². The third-order valence-corrected chi connectivity index (χ3v) is 6.86. The summed E-state index contributed by atoms with van der Waals surface area (Å²) in [7, 11) is 0. The van der Waals surface area contributed by atoms with Crippen LogP contribution in [-0.4, -0.2) is 59.5 Å². The molecule has 2 aromatic rings. The van der Waals surface area contributed by atoms with Gasteiger partial charge in [-0.15, -0.1) is 0 Å². The summed E-state index contributed by atoms with van der Waals surface area (Å²) in [6.45, 7) is 10.7. The van der Waals surface area contributed by atoms with Crippen molar-refractivity contribution in [1.82, 2.24) is 4.90 Å². The molecule has 0 radical (unpaired) electrons. The Hall–Kier alpha value is -3.24. The molecule has 2 aliphatic rings. The number of aliphatic hydroxyl groups is 1. The van der Waals surface area contributed by atoms with Crippen LogP contribution in [0.3, 0.4) is 0 Å². The lowest BCUT2D eigenvalue weighted by Crippen LogP contribution is -2.45. The Kier molecular flexibility index (Phi) is 9.97. The molecule has 2 N–H and O–H groups in total. The van der Waals surface area contributed by atoms with Gasteiger partial charge in [0.25, 0.3) is 0 Å². The number of amides is 1. The fourth-order valence-electron chi connectivity index (χ4n) is 4.99. The molecule has 0 bridgehead atoms. The van der Waals surface area contributed by atoms with E-state index in [0.717, 1.165) is 36.1 Å². The third kappa shape index (κ3) is 8.14. The lowest BCUT2D eigenvalue weighted by atomic mass is 9.99. The van der Waals surface area contributed by atoms with Crippen molar-refractivity contribution in [3.63, 3.8) is 0 Å². The van der Waals surface area contributed by atoms with Gasteiger partial charge in [0, 0.05) is 24.2 Å². The van der Waals surface area contributed by atoms with E-state index < -0.39 is 18.0 Å². The van der Waals surface area contributed by atoms with E-state index in [2.05, 4.69) is 16.8 Å². The zero-order valence-electron chi connectivity index (χ0n) is 23.5. The molecule has 2 aliphatic heterocycles. The Morgan fingerprint density at radius 1 is 1.10 bits per heavy atom. The quantitative estimate of drug-likeness (QED) is 0.320. The van der Waals surface area contributed by atoms with E-state index in [4.69, 9.17) is 18.9 Å². The molecule has 0 aromatic heterocycles. The molecule has 2 aromatic carbocycles. The molecular weight excluding hydrogens is 512 g/mol. The Bertz CT molecular complexity index is 1140. The Labute approximate surface area is 236 Å². The molecule has 0 aliphatic carbocycles. The van der Waals surface area contributed by atoms with E-state index in [1.807, 2.05) is 57.2 Å². The molecule has 2 fully saturated rings. The van der Waals surface area contributed by atoms with Crippen LogP contribution in [0.4, 0.5) is 10.5 Å². The minimum absolute atomic E-state index is 0.0251. The highest BCUT2D eigenvalue weighted by molar-refractivity contribution is 5.84. The van der Waals surface area contributed by atoms with E-state index in [9.17, 15) is 14.7 Å². The standard InChI is InChI=1S/C31H40N2O7/c1-5-17-37-30(36)32-24-14-12-23(13-15-24)29-38-25(18-27(39-29)22-10-8-21(20-34)9-11-22)19-33-16-6-7-26(33)28(35)40-31(2,3)4/h5,8-15,25-27,29,34H,1,6-7,16-20H2,2-4H3,(H,32,36)/t25-,26-,27+,29+/m0/s1. The van der Waals surface area contributed by atoms with Gasteiger partial charge in [-0.2, -0.15) is 0 Å². The van der Waals surface area contributed by atoms with Crippen molar-refractivity contribution in [3.05, 3.63) is 77.9 Å². The van der Waals surface area contributed by atoms with Gasteiger partial charge in [0.2, 0.25) is 0 Å². The molecule has 0 unspecified atom stereocenters. The van der Waals surface area contributed by atoms with Crippen molar-refractivity contribution in [2.24, 2.45) is 0 Å². The van der Waals surface area contributed by atoms with Gasteiger partial charge in [-0.25, -0.2) is 4.79 Å². The summed E-state index contributed by atoms with van der Waals surface area (Å²) in [5.74, 6) is -0.195. The monoisotopic (exact) mass is 552 g/mol. The second-order valence-corrected chi connectivity index (χ2v) is 11.2. The molecule has 1 amide bonds. The lowest BCUT2D eigenvalue weighted by molar-refractivity contribution is -0.253. The minimum Gasteiger partial charge on any atom is -0.459 e. The van der Waals surface area contributed by atoms with Gasteiger partial charge in [-0.05, 0) is 63.4 Å².